The van der Waals surface area contributed by atoms with Gasteiger partial charge < -0.3 is 4.74 Å². The fourth-order valence-electron chi connectivity index (χ4n) is 3.50. The topological polar surface area (TPSA) is 30.3 Å². The van der Waals surface area contributed by atoms with E-state index in [2.05, 4.69) is 16.9 Å². The molecule has 24 heavy (non-hydrogen) atoms. The Kier molecular flexibility index (Phi) is 4.61. The Hall–Kier alpha value is -1.36. The van der Waals surface area contributed by atoms with Gasteiger partial charge in [-0.2, -0.15) is 5.10 Å². The van der Waals surface area contributed by atoms with Gasteiger partial charge >= 0.3 is 0 Å². The molecular weight excluding hydrogens is 322 g/mol. The van der Waals surface area contributed by atoms with E-state index in [9.17, 15) is 0 Å². The highest BCUT2D eigenvalue weighted by Crippen LogP contribution is 2.33. The molecule has 4 rings (SSSR count). The number of aryl methyl sites for hydroxylation is 1. The lowest BCUT2D eigenvalue weighted by Gasteiger charge is -2.24. The van der Waals surface area contributed by atoms with Crippen LogP contribution in [-0.2, 0) is 11.3 Å². The fraction of sp³-hybridized carbons (Fsp3) is 0.526. The molecule has 1 aromatic heterocycles. The Morgan fingerprint density at radius 3 is 2.71 bits per heavy atom. The average Bonchev–Trinajstić information content (AvgIpc) is 3.25. The van der Waals surface area contributed by atoms with Crippen molar-refractivity contribution in [2.75, 3.05) is 19.8 Å². The molecule has 1 aliphatic carbocycles. The molecule has 1 aliphatic heterocycles. The van der Waals surface area contributed by atoms with Crippen LogP contribution in [-0.4, -0.2) is 40.5 Å². The van der Waals surface area contributed by atoms with Crippen LogP contribution in [0.15, 0.2) is 30.3 Å². The van der Waals surface area contributed by atoms with Crippen LogP contribution in [0.2, 0.25) is 5.15 Å². The molecule has 2 aliphatic rings. The molecular formula is C19H24ClN3O. The molecule has 4 nitrogen and oxygen atoms in total. The predicted molar refractivity (Wildman–Crippen MR) is 95.7 cm³/mol. The SMILES string of the molecule is Cc1nn(-c2ccccc2)c(Cl)c1CN(CC1CCOC1)C1CC1. The molecule has 1 saturated carbocycles. The van der Waals surface area contributed by atoms with Crippen LogP contribution in [0.5, 0.6) is 0 Å². The highest BCUT2D eigenvalue weighted by atomic mass is 35.5. The van der Waals surface area contributed by atoms with Gasteiger partial charge in [-0.15, -0.1) is 0 Å². The molecule has 0 N–H and O–H groups in total. The Balaban J connectivity index is 1.55. The van der Waals surface area contributed by atoms with Crippen molar-refractivity contribution in [3.63, 3.8) is 0 Å². The third-order valence-corrected chi connectivity index (χ3v) is 5.45. The van der Waals surface area contributed by atoms with Crippen molar-refractivity contribution in [3.05, 3.63) is 46.7 Å². The first-order chi connectivity index (χ1) is 11.7. The molecule has 0 bridgehead atoms. The smallest absolute Gasteiger partial charge is 0.137 e. The quantitative estimate of drug-likeness (QED) is 0.797. The second-order valence-electron chi connectivity index (χ2n) is 6.99. The van der Waals surface area contributed by atoms with Crippen molar-refractivity contribution in [2.24, 2.45) is 5.92 Å². The maximum atomic E-state index is 6.70. The second kappa shape index (κ2) is 6.87. The standard InChI is InChI=1S/C19H24ClN3O/c1-14-18(19(20)23(21-14)17-5-3-2-4-6-17)12-22(16-7-8-16)11-15-9-10-24-13-15/h2-6,15-16H,7-13H2,1H3. The van der Waals surface area contributed by atoms with Gasteiger partial charge in [-0.05, 0) is 44.2 Å². The number of rotatable bonds is 6. The normalized spacial score (nSPS) is 20.9. The van der Waals surface area contributed by atoms with E-state index < -0.39 is 0 Å². The summed E-state index contributed by atoms with van der Waals surface area (Å²) in [6.07, 6.45) is 3.79. The maximum absolute atomic E-state index is 6.70. The zero-order chi connectivity index (χ0) is 16.5. The molecule has 128 valence electrons. The van der Waals surface area contributed by atoms with Crippen LogP contribution in [0.3, 0.4) is 0 Å². The Labute approximate surface area is 148 Å². The van der Waals surface area contributed by atoms with E-state index in [1.54, 1.807) is 0 Å². The maximum Gasteiger partial charge on any atom is 0.137 e. The molecule has 1 atom stereocenters. The first-order valence-electron chi connectivity index (χ1n) is 8.83. The number of para-hydroxylation sites is 1. The lowest BCUT2D eigenvalue weighted by atomic mass is 10.1. The number of hydrogen-bond acceptors (Lipinski definition) is 3. The van der Waals surface area contributed by atoms with E-state index in [1.165, 1.54) is 19.3 Å². The summed E-state index contributed by atoms with van der Waals surface area (Å²) in [6, 6.07) is 10.8. The van der Waals surface area contributed by atoms with E-state index in [0.717, 1.165) is 48.4 Å². The Morgan fingerprint density at radius 2 is 2.04 bits per heavy atom. The highest BCUT2D eigenvalue weighted by Gasteiger charge is 2.33. The van der Waals surface area contributed by atoms with Crippen molar-refractivity contribution in [1.82, 2.24) is 14.7 Å². The minimum absolute atomic E-state index is 0.661. The fourth-order valence-corrected chi connectivity index (χ4v) is 3.83. The summed E-state index contributed by atoms with van der Waals surface area (Å²) in [7, 11) is 0. The minimum atomic E-state index is 0.661. The largest absolute Gasteiger partial charge is 0.381 e. The zero-order valence-electron chi connectivity index (χ0n) is 14.1. The van der Waals surface area contributed by atoms with E-state index in [0.29, 0.717) is 12.0 Å². The van der Waals surface area contributed by atoms with Gasteiger partial charge in [-0.25, -0.2) is 4.68 Å². The first kappa shape index (κ1) is 16.1. The summed E-state index contributed by atoms with van der Waals surface area (Å²) in [5.74, 6) is 0.661. The molecule has 5 heteroatoms. The lowest BCUT2D eigenvalue weighted by molar-refractivity contribution is 0.161. The summed E-state index contributed by atoms with van der Waals surface area (Å²) < 4.78 is 7.41. The van der Waals surface area contributed by atoms with Crippen molar-refractivity contribution >= 4 is 11.6 Å². The van der Waals surface area contributed by atoms with Crippen molar-refractivity contribution in [2.45, 2.75) is 38.8 Å². The van der Waals surface area contributed by atoms with E-state index >= 15 is 0 Å². The highest BCUT2D eigenvalue weighted by molar-refractivity contribution is 6.30. The summed E-state index contributed by atoms with van der Waals surface area (Å²) in [4.78, 5) is 2.59. The van der Waals surface area contributed by atoms with E-state index in [-0.39, 0.29) is 0 Å². The second-order valence-corrected chi connectivity index (χ2v) is 7.35. The molecule has 2 heterocycles. The third kappa shape index (κ3) is 3.37. The van der Waals surface area contributed by atoms with Gasteiger partial charge in [0.1, 0.15) is 5.15 Å². The summed E-state index contributed by atoms with van der Waals surface area (Å²) >= 11 is 6.70. The average molecular weight is 346 g/mol. The van der Waals surface area contributed by atoms with Crippen LogP contribution in [0.1, 0.15) is 30.5 Å². The van der Waals surface area contributed by atoms with E-state index in [1.807, 2.05) is 35.0 Å². The molecule has 2 aromatic rings. The summed E-state index contributed by atoms with van der Waals surface area (Å²) in [5.41, 5.74) is 3.20. The van der Waals surface area contributed by atoms with Crippen LogP contribution in [0.4, 0.5) is 0 Å². The van der Waals surface area contributed by atoms with Crippen molar-refractivity contribution < 1.29 is 4.74 Å². The predicted octanol–water partition coefficient (Wildman–Crippen LogP) is 3.84. The third-order valence-electron chi connectivity index (χ3n) is 5.06. The molecule has 0 spiro atoms. The molecule has 1 saturated heterocycles. The molecule has 2 fully saturated rings. The molecule has 1 unspecified atom stereocenters. The zero-order valence-corrected chi connectivity index (χ0v) is 14.9. The van der Waals surface area contributed by atoms with Gasteiger partial charge in [-0.3, -0.25) is 4.90 Å². The lowest BCUT2D eigenvalue weighted by Crippen LogP contribution is -2.31. The summed E-state index contributed by atoms with van der Waals surface area (Å²) in [6.45, 7) is 5.87. The van der Waals surface area contributed by atoms with Gasteiger partial charge in [0, 0.05) is 31.3 Å². The molecule has 0 amide bonds. The number of nitrogens with zero attached hydrogens (tertiary/aromatic N) is 3. The van der Waals surface area contributed by atoms with Crippen molar-refractivity contribution in [1.29, 1.82) is 0 Å². The number of ether oxygens (including phenoxy) is 1. The number of hydrogen-bond donors (Lipinski definition) is 0. The number of benzene rings is 1. The number of aromatic nitrogens is 2. The monoisotopic (exact) mass is 345 g/mol. The van der Waals surface area contributed by atoms with Gasteiger partial charge in [-0.1, -0.05) is 29.8 Å². The van der Waals surface area contributed by atoms with Crippen LogP contribution in [0, 0.1) is 12.8 Å². The number of halogens is 1. The van der Waals surface area contributed by atoms with Gasteiger partial charge in [0.15, 0.2) is 0 Å². The molecule has 1 aromatic carbocycles. The van der Waals surface area contributed by atoms with Gasteiger partial charge in [0.2, 0.25) is 0 Å². The van der Waals surface area contributed by atoms with Crippen LogP contribution in [0.25, 0.3) is 5.69 Å². The summed E-state index contributed by atoms with van der Waals surface area (Å²) in [5, 5.41) is 5.42. The first-order valence-corrected chi connectivity index (χ1v) is 9.21. The Morgan fingerprint density at radius 1 is 1.25 bits per heavy atom. The van der Waals surface area contributed by atoms with Gasteiger partial charge in [0.25, 0.3) is 0 Å². The minimum Gasteiger partial charge on any atom is -0.381 e. The Bertz CT molecular complexity index is 690. The van der Waals surface area contributed by atoms with Gasteiger partial charge in [0.05, 0.1) is 18.0 Å². The molecule has 0 radical (unpaired) electrons. The van der Waals surface area contributed by atoms with Crippen molar-refractivity contribution in [3.8, 4) is 5.69 Å². The van der Waals surface area contributed by atoms with Crippen LogP contribution < -0.4 is 0 Å². The van der Waals surface area contributed by atoms with E-state index in [4.69, 9.17) is 16.3 Å². The van der Waals surface area contributed by atoms with Crippen LogP contribution >= 0.6 is 11.6 Å².